The zero-order valence-electron chi connectivity index (χ0n) is 10.2. The van der Waals surface area contributed by atoms with Crippen LogP contribution in [0.4, 0.5) is 0 Å². The van der Waals surface area contributed by atoms with E-state index in [4.69, 9.17) is 0 Å². The molecule has 5 nitrogen and oxygen atoms in total. The van der Waals surface area contributed by atoms with Crippen molar-refractivity contribution in [2.24, 2.45) is 0 Å². The molecular weight excluding hydrogens is 214 g/mol. The minimum Gasteiger partial charge on any atom is -0.314 e. The number of hydrogen-bond acceptors (Lipinski definition) is 3. The van der Waals surface area contributed by atoms with Gasteiger partial charge in [0, 0.05) is 12.5 Å². The van der Waals surface area contributed by atoms with Gasteiger partial charge in [0.05, 0.1) is 11.9 Å². The van der Waals surface area contributed by atoms with Crippen LogP contribution in [0.1, 0.15) is 49.5 Å². The molecule has 5 heteroatoms. The topological polar surface area (TPSA) is 58.0 Å². The van der Waals surface area contributed by atoms with Crippen LogP contribution in [0, 0.1) is 0 Å². The van der Waals surface area contributed by atoms with Gasteiger partial charge in [-0.3, -0.25) is 5.10 Å². The molecule has 2 aromatic heterocycles. The van der Waals surface area contributed by atoms with Crippen LogP contribution in [-0.4, -0.2) is 26.6 Å². The molecule has 0 atom stereocenters. The first-order valence-corrected chi connectivity index (χ1v) is 6.45. The molecule has 0 radical (unpaired) electrons. The van der Waals surface area contributed by atoms with E-state index in [1.165, 1.54) is 32.1 Å². The minimum atomic E-state index is 0.609. The monoisotopic (exact) mass is 233 g/mol. The molecule has 1 aliphatic rings. The molecular formula is C12H19N5. The number of imidazole rings is 1. The molecule has 0 amide bonds. The van der Waals surface area contributed by atoms with Crippen LogP contribution in [0.3, 0.4) is 0 Å². The van der Waals surface area contributed by atoms with Crippen LogP contribution in [0.5, 0.6) is 0 Å². The van der Waals surface area contributed by atoms with Gasteiger partial charge in [-0.2, -0.15) is 4.98 Å². The predicted octanol–water partition coefficient (Wildman–Crippen LogP) is 1.82. The standard InChI is InChI=1S/C12H19N5/c1-13-7-10-8-17-12(14-10)15-11(16-17)9-5-3-2-4-6-9/h8-9,13H,2-7H2,1H3,(H,14,15,16). The van der Waals surface area contributed by atoms with E-state index in [1.54, 1.807) is 0 Å². The lowest BCUT2D eigenvalue weighted by Gasteiger charge is -2.18. The third-order valence-electron chi connectivity index (χ3n) is 3.54. The second-order valence-corrected chi connectivity index (χ2v) is 4.88. The van der Waals surface area contributed by atoms with Crippen molar-refractivity contribution in [3.63, 3.8) is 0 Å². The number of aromatic amines is 1. The number of H-pyrrole nitrogens is 1. The Hall–Kier alpha value is -1.36. The number of nitrogens with zero attached hydrogens (tertiary/aromatic N) is 3. The van der Waals surface area contributed by atoms with E-state index in [2.05, 4.69) is 20.4 Å². The fraction of sp³-hybridized carbons (Fsp3) is 0.667. The van der Waals surface area contributed by atoms with Crippen LogP contribution in [0.25, 0.3) is 5.78 Å². The average Bonchev–Trinajstić information content (AvgIpc) is 2.88. The van der Waals surface area contributed by atoms with E-state index in [0.29, 0.717) is 5.92 Å². The summed E-state index contributed by atoms with van der Waals surface area (Å²) in [5.41, 5.74) is 1.03. The lowest BCUT2D eigenvalue weighted by molar-refractivity contribution is 0.429. The van der Waals surface area contributed by atoms with Gasteiger partial charge in [0.2, 0.25) is 0 Å². The van der Waals surface area contributed by atoms with Crippen molar-refractivity contribution < 1.29 is 0 Å². The highest BCUT2D eigenvalue weighted by atomic mass is 15.3. The fourth-order valence-electron chi connectivity index (χ4n) is 2.66. The molecule has 0 spiro atoms. The Morgan fingerprint density at radius 3 is 2.88 bits per heavy atom. The third kappa shape index (κ3) is 2.07. The Balaban J connectivity index is 1.84. The van der Waals surface area contributed by atoms with Gasteiger partial charge in [0.1, 0.15) is 5.82 Å². The Morgan fingerprint density at radius 2 is 2.18 bits per heavy atom. The van der Waals surface area contributed by atoms with Gasteiger partial charge in [0.25, 0.3) is 5.78 Å². The minimum absolute atomic E-state index is 0.609. The normalized spacial score (nSPS) is 17.9. The lowest BCUT2D eigenvalue weighted by Crippen LogP contribution is -2.07. The molecule has 17 heavy (non-hydrogen) atoms. The highest BCUT2D eigenvalue weighted by molar-refractivity contribution is 5.30. The number of fused-ring (bicyclic) bond motifs is 1. The number of rotatable bonds is 3. The average molecular weight is 233 g/mol. The number of hydrogen-bond donors (Lipinski definition) is 2. The van der Waals surface area contributed by atoms with Crippen LogP contribution >= 0.6 is 0 Å². The molecule has 3 rings (SSSR count). The van der Waals surface area contributed by atoms with Crippen molar-refractivity contribution in [2.45, 2.75) is 44.6 Å². The molecule has 2 N–H and O–H groups in total. The Morgan fingerprint density at radius 1 is 1.35 bits per heavy atom. The summed E-state index contributed by atoms with van der Waals surface area (Å²) >= 11 is 0. The maximum atomic E-state index is 4.61. The van der Waals surface area contributed by atoms with Gasteiger partial charge in [-0.1, -0.05) is 19.3 Å². The van der Waals surface area contributed by atoms with Crippen molar-refractivity contribution in [3.05, 3.63) is 17.7 Å². The smallest absolute Gasteiger partial charge is 0.250 e. The first kappa shape index (κ1) is 10.8. The quantitative estimate of drug-likeness (QED) is 0.850. The largest absolute Gasteiger partial charge is 0.314 e. The summed E-state index contributed by atoms with van der Waals surface area (Å²) in [4.78, 5) is 9.08. The molecule has 0 saturated heterocycles. The highest BCUT2D eigenvalue weighted by Crippen LogP contribution is 2.30. The molecule has 2 heterocycles. The molecule has 1 fully saturated rings. The van der Waals surface area contributed by atoms with Crippen LogP contribution in [-0.2, 0) is 6.54 Å². The van der Waals surface area contributed by atoms with Crippen molar-refractivity contribution in [3.8, 4) is 0 Å². The van der Waals surface area contributed by atoms with Crippen molar-refractivity contribution in [2.75, 3.05) is 7.05 Å². The summed E-state index contributed by atoms with van der Waals surface area (Å²) in [7, 11) is 1.93. The highest BCUT2D eigenvalue weighted by Gasteiger charge is 2.19. The van der Waals surface area contributed by atoms with Crippen LogP contribution < -0.4 is 5.32 Å². The maximum absolute atomic E-state index is 4.61. The van der Waals surface area contributed by atoms with Gasteiger partial charge < -0.3 is 5.32 Å². The summed E-state index contributed by atoms with van der Waals surface area (Å²) in [6.07, 6.45) is 8.59. The number of aromatic nitrogens is 4. The Kier molecular flexibility index (Phi) is 2.84. The summed E-state index contributed by atoms with van der Waals surface area (Å²) in [5, 5.41) is 6.45. The lowest BCUT2D eigenvalue weighted by atomic mass is 9.89. The fourth-order valence-corrected chi connectivity index (χ4v) is 2.66. The molecule has 0 bridgehead atoms. The Bertz CT molecular complexity index is 460. The van der Waals surface area contributed by atoms with Gasteiger partial charge >= 0.3 is 0 Å². The maximum Gasteiger partial charge on any atom is 0.250 e. The SMILES string of the molecule is CNCc1cn2[nH]c(C3CCCCC3)nc2n1. The molecule has 1 aliphatic carbocycles. The second-order valence-electron chi connectivity index (χ2n) is 4.88. The molecule has 0 aliphatic heterocycles. The van der Waals surface area contributed by atoms with Crippen molar-refractivity contribution >= 4 is 5.78 Å². The zero-order chi connectivity index (χ0) is 11.7. The number of nitrogens with one attached hydrogen (secondary N) is 2. The van der Waals surface area contributed by atoms with E-state index in [-0.39, 0.29) is 0 Å². The van der Waals surface area contributed by atoms with E-state index < -0.39 is 0 Å². The van der Waals surface area contributed by atoms with Crippen LogP contribution in [0.15, 0.2) is 6.20 Å². The summed E-state index contributed by atoms with van der Waals surface area (Å²) < 4.78 is 1.94. The predicted molar refractivity (Wildman–Crippen MR) is 65.9 cm³/mol. The van der Waals surface area contributed by atoms with E-state index in [0.717, 1.165) is 23.8 Å². The van der Waals surface area contributed by atoms with Gasteiger partial charge in [0.15, 0.2) is 0 Å². The molecule has 2 aromatic rings. The summed E-state index contributed by atoms with van der Waals surface area (Å²) in [6, 6.07) is 0. The first-order valence-electron chi connectivity index (χ1n) is 6.45. The van der Waals surface area contributed by atoms with Crippen molar-refractivity contribution in [1.82, 2.24) is 24.9 Å². The molecule has 1 saturated carbocycles. The van der Waals surface area contributed by atoms with E-state index >= 15 is 0 Å². The molecule has 0 unspecified atom stereocenters. The summed E-state index contributed by atoms with van der Waals surface area (Å²) in [5.74, 6) is 2.53. The Labute approximate surface area is 101 Å². The zero-order valence-corrected chi connectivity index (χ0v) is 10.2. The molecule has 0 aromatic carbocycles. The second kappa shape index (κ2) is 4.49. The van der Waals surface area contributed by atoms with Gasteiger partial charge in [-0.15, -0.1) is 0 Å². The van der Waals surface area contributed by atoms with E-state index in [1.807, 2.05) is 17.8 Å². The van der Waals surface area contributed by atoms with Gasteiger partial charge in [-0.05, 0) is 19.9 Å². The molecule has 92 valence electrons. The van der Waals surface area contributed by atoms with E-state index in [9.17, 15) is 0 Å². The van der Waals surface area contributed by atoms with Crippen LogP contribution in [0.2, 0.25) is 0 Å². The third-order valence-corrected chi connectivity index (χ3v) is 3.54. The summed E-state index contributed by atoms with van der Waals surface area (Å²) in [6.45, 7) is 0.788. The van der Waals surface area contributed by atoms with Crippen molar-refractivity contribution in [1.29, 1.82) is 0 Å². The van der Waals surface area contributed by atoms with Gasteiger partial charge in [-0.25, -0.2) is 9.50 Å². The first-order chi connectivity index (χ1) is 8.36.